The second-order valence-electron chi connectivity index (χ2n) is 5.79. The maximum atomic E-state index is 12.7. The third-order valence-corrected chi connectivity index (χ3v) is 3.98. The van der Waals surface area contributed by atoms with Crippen LogP contribution in [0.1, 0.15) is 33.6 Å². The summed E-state index contributed by atoms with van der Waals surface area (Å²) < 4.78 is 5.58. The third kappa shape index (κ3) is 2.63. The van der Waals surface area contributed by atoms with Gasteiger partial charge in [0, 0.05) is 13.1 Å². The van der Waals surface area contributed by atoms with Crippen LogP contribution in [0.5, 0.6) is 0 Å². The van der Waals surface area contributed by atoms with Gasteiger partial charge in [-0.1, -0.05) is 0 Å². The number of ether oxygens (including phenoxy) is 1. The Morgan fingerprint density at radius 3 is 2.88 bits per heavy atom. The Hall–Kier alpha value is -0.610. The highest BCUT2D eigenvalue weighted by molar-refractivity contribution is 5.83. The molecule has 0 aromatic carbocycles. The fourth-order valence-corrected chi connectivity index (χ4v) is 2.77. The maximum absolute atomic E-state index is 12.7. The lowest BCUT2D eigenvalue weighted by Crippen LogP contribution is -2.57. The molecule has 4 nitrogen and oxygen atoms in total. The van der Waals surface area contributed by atoms with E-state index in [1.165, 1.54) is 0 Å². The second-order valence-corrected chi connectivity index (χ2v) is 5.79. The molecule has 2 heterocycles. The summed E-state index contributed by atoms with van der Waals surface area (Å²) in [5, 5.41) is 3.34. The Morgan fingerprint density at radius 2 is 2.24 bits per heavy atom. The van der Waals surface area contributed by atoms with Gasteiger partial charge in [0.2, 0.25) is 5.91 Å². The predicted octanol–water partition coefficient (Wildman–Crippen LogP) is 1.01. The smallest absolute Gasteiger partial charge is 0.230 e. The van der Waals surface area contributed by atoms with E-state index in [-0.39, 0.29) is 17.6 Å². The molecule has 0 aliphatic carbocycles. The fourth-order valence-electron chi connectivity index (χ4n) is 2.77. The number of carbonyl (C=O) groups excluding carboxylic acids is 1. The number of amides is 1. The van der Waals surface area contributed by atoms with Crippen LogP contribution in [0.25, 0.3) is 0 Å². The van der Waals surface area contributed by atoms with Gasteiger partial charge in [0.1, 0.15) is 0 Å². The quantitative estimate of drug-likeness (QED) is 0.744. The van der Waals surface area contributed by atoms with Crippen molar-refractivity contribution in [3.63, 3.8) is 0 Å². The zero-order valence-corrected chi connectivity index (χ0v) is 11.2. The van der Waals surface area contributed by atoms with Gasteiger partial charge < -0.3 is 15.0 Å². The molecule has 2 saturated heterocycles. The van der Waals surface area contributed by atoms with E-state index in [2.05, 4.69) is 19.2 Å². The van der Waals surface area contributed by atoms with Crippen LogP contribution >= 0.6 is 0 Å². The summed E-state index contributed by atoms with van der Waals surface area (Å²) in [6.45, 7) is 9.44. The molecule has 0 radical (unpaired) electrons. The van der Waals surface area contributed by atoms with E-state index in [9.17, 15) is 4.79 Å². The first-order chi connectivity index (χ1) is 8.03. The third-order valence-electron chi connectivity index (χ3n) is 3.98. The molecule has 98 valence electrons. The number of nitrogens with zero attached hydrogens (tertiary/aromatic N) is 1. The first-order valence-electron chi connectivity index (χ1n) is 6.66. The molecule has 0 saturated carbocycles. The SMILES string of the molecule is CC1CN(C(=O)C2(C)CCCNC2)C(C)CO1. The molecule has 0 spiro atoms. The second kappa shape index (κ2) is 4.94. The lowest BCUT2D eigenvalue weighted by atomic mass is 9.81. The molecule has 2 aliphatic rings. The lowest BCUT2D eigenvalue weighted by molar-refractivity contribution is -0.154. The molecule has 2 aliphatic heterocycles. The monoisotopic (exact) mass is 240 g/mol. The molecular weight excluding hydrogens is 216 g/mol. The van der Waals surface area contributed by atoms with Crippen LogP contribution in [0.15, 0.2) is 0 Å². The van der Waals surface area contributed by atoms with E-state index in [1.54, 1.807) is 0 Å². The van der Waals surface area contributed by atoms with Crippen molar-refractivity contribution in [3.05, 3.63) is 0 Å². The minimum Gasteiger partial charge on any atom is -0.375 e. The molecule has 2 rings (SSSR count). The van der Waals surface area contributed by atoms with Crippen LogP contribution < -0.4 is 5.32 Å². The normalized spacial score (nSPS) is 39.1. The van der Waals surface area contributed by atoms with Crippen LogP contribution in [0.4, 0.5) is 0 Å². The van der Waals surface area contributed by atoms with E-state index >= 15 is 0 Å². The Balaban J connectivity index is 2.06. The number of rotatable bonds is 1. The average Bonchev–Trinajstić information content (AvgIpc) is 2.32. The molecule has 3 unspecified atom stereocenters. The molecule has 4 heteroatoms. The van der Waals surface area contributed by atoms with Gasteiger partial charge in [-0.15, -0.1) is 0 Å². The number of nitrogens with one attached hydrogen (secondary N) is 1. The highest BCUT2D eigenvalue weighted by atomic mass is 16.5. The summed E-state index contributed by atoms with van der Waals surface area (Å²) in [6.07, 6.45) is 2.25. The molecule has 0 bridgehead atoms. The number of morpholine rings is 1. The van der Waals surface area contributed by atoms with Gasteiger partial charge >= 0.3 is 0 Å². The summed E-state index contributed by atoms with van der Waals surface area (Å²) in [5.41, 5.74) is -0.219. The highest BCUT2D eigenvalue weighted by Gasteiger charge is 2.40. The van der Waals surface area contributed by atoms with E-state index in [4.69, 9.17) is 4.74 Å². The lowest BCUT2D eigenvalue weighted by Gasteiger charge is -2.43. The van der Waals surface area contributed by atoms with Crippen molar-refractivity contribution in [1.29, 1.82) is 0 Å². The Kier molecular flexibility index (Phi) is 3.73. The van der Waals surface area contributed by atoms with Crippen molar-refractivity contribution in [1.82, 2.24) is 10.2 Å². The fraction of sp³-hybridized carbons (Fsp3) is 0.923. The highest BCUT2D eigenvalue weighted by Crippen LogP contribution is 2.29. The van der Waals surface area contributed by atoms with Crippen LogP contribution in [0.2, 0.25) is 0 Å². The van der Waals surface area contributed by atoms with Crippen molar-refractivity contribution >= 4 is 5.91 Å². The summed E-state index contributed by atoms with van der Waals surface area (Å²) in [6, 6.07) is 0.206. The summed E-state index contributed by atoms with van der Waals surface area (Å²) in [4.78, 5) is 14.7. The van der Waals surface area contributed by atoms with Crippen molar-refractivity contribution in [3.8, 4) is 0 Å². The van der Waals surface area contributed by atoms with Crippen molar-refractivity contribution in [2.75, 3.05) is 26.2 Å². The number of hydrogen-bond acceptors (Lipinski definition) is 3. The molecule has 3 atom stereocenters. The van der Waals surface area contributed by atoms with E-state index < -0.39 is 0 Å². The minimum absolute atomic E-state index is 0.162. The number of hydrogen-bond donors (Lipinski definition) is 1. The number of carbonyl (C=O) groups is 1. The van der Waals surface area contributed by atoms with Crippen LogP contribution in [-0.2, 0) is 9.53 Å². The van der Waals surface area contributed by atoms with Gasteiger partial charge in [0.25, 0.3) is 0 Å². The summed E-state index contributed by atoms with van der Waals surface area (Å²) >= 11 is 0. The van der Waals surface area contributed by atoms with Gasteiger partial charge in [0.15, 0.2) is 0 Å². The topological polar surface area (TPSA) is 41.6 Å². The molecule has 0 aromatic rings. The summed E-state index contributed by atoms with van der Waals surface area (Å²) in [7, 11) is 0. The Labute approximate surface area is 104 Å². The minimum atomic E-state index is -0.219. The van der Waals surface area contributed by atoms with E-state index in [0.29, 0.717) is 12.5 Å². The van der Waals surface area contributed by atoms with Gasteiger partial charge in [-0.05, 0) is 40.2 Å². The van der Waals surface area contributed by atoms with Crippen molar-refractivity contribution < 1.29 is 9.53 Å². The van der Waals surface area contributed by atoms with E-state index in [0.717, 1.165) is 32.5 Å². The van der Waals surface area contributed by atoms with Gasteiger partial charge in [-0.2, -0.15) is 0 Å². The predicted molar refractivity (Wildman–Crippen MR) is 66.8 cm³/mol. The summed E-state index contributed by atoms with van der Waals surface area (Å²) in [5.74, 6) is 0.298. The molecular formula is C13H24N2O2. The van der Waals surface area contributed by atoms with Gasteiger partial charge in [-0.25, -0.2) is 0 Å². The zero-order valence-electron chi connectivity index (χ0n) is 11.2. The van der Waals surface area contributed by atoms with E-state index in [1.807, 2.05) is 11.8 Å². The molecule has 17 heavy (non-hydrogen) atoms. The molecule has 2 fully saturated rings. The van der Waals surface area contributed by atoms with Crippen LogP contribution in [0.3, 0.4) is 0 Å². The van der Waals surface area contributed by atoms with Crippen molar-refractivity contribution in [2.45, 2.75) is 45.8 Å². The molecule has 1 N–H and O–H groups in total. The van der Waals surface area contributed by atoms with Crippen molar-refractivity contribution in [2.24, 2.45) is 5.41 Å². The van der Waals surface area contributed by atoms with Gasteiger partial charge in [-0.3, -0.25) is 4.79 Å². The Morgan fingerprint density at radius 1 is 1.47 bits per heavy atom. The maximum Gasteiger partial charge on any atom is 0.230 e. The first-order valence-corrected chi connectivity index (χ1v) is 6.66. The molecule has 1 amide bonds. The van der Waals surface area contributed by atoms with Gasteiger partial charge in [0.05, 0.1) is 24.2 Å². The molecule has 0 aromatic heterocycles. The first kappa shape index (κ1) is 12.8. The standard InChI is InChI=1S/C13H24N2O2/c1-10-8-17-11(2)7-15(10)12(16)13(3)5-4-6-14-9-13/h10-11,14H,4-9H2,1-3H3. The zero-order chi connectivity index (χ0) is 12.5. The number of piperidine rings is 1. The largest absolute Gasteiger partial charge is 0.375 e. The van der Waals surface area contributed by atoms with Crippen LogP contribution in [-0.4, -0.2) is 49.2 Å². The average molecular weight is 240 g/mol. The Bertz CT molecular complexity index is 287. The van der Waals surface area contributed by atoms with Crippen LogP contribution in [0, 0.1) is 5.41 Å².